The maximum atomic E-state index is 6.13. The first-order valence-corrected chi connectivity index (χ1v) is 7.34. The average molecular weight is 288 g/mol. The van der Waals surface area contributed by atoms with E-state index in [1.54, 1.807) is 0 Å². The van der Waals surface area contributed by atoms with Crippen LogP contribution in [0.1, 0.15) is 18.4 Å². The fraction of sp³-hybridized carbons (Fsp3) is 0.294. The molecule has 0 aromatic heterocycles. The summed E-state index contributed by atoms with van der Waals surface area (Å²) in [6, 6.07) is 14.3. The van der Waals surface area contributed by atoms with E-state index in [4.69, 9.17) is 16.3 Å². The Balaban J connectivity index is 1.88. The Bertz CT molecular complexity index is 590. The maximum absolute atomic E-state index is 6.13. The lowest BCUT2D eigenvalue weighted by Crippen LogP contribution is -2.06. The first-order valence-electron chi connectivity index (χ1n) is 6.96. The van der Waals surface area contributed by atoms with Crippen molar-refractivity contribution in [1.82, 2.24) is 5.32 Å². The van der Waals surface area contributed by atoms with E-state index in [1.807, 2.05) is 31.3 Å². The zero-order chi connectivity index (χ0) is 13.9. The molecule has 0 aliphatic heterocycles. The third kappa shape index (κ3) is 3.14. The molecule has 1 aliphatic carbocycles. The van der Waals surface area contributed by atoms with Crippen LogP contribution in [0.3, 0.4) is 0 Å². The Morgan fingerprint density at radius 3 is 2.55 bits per heavy atom. The van der Waals surface area contributed by atoms with Crippen LogP contribution in [0.15, 0.2) is 42.5 Å². The second kappa shape index (κ2) is 5.86. The molecule has 0 radical (unpaired) electrons. The molecule has 0 bridgehead atoms. The van der Waals surface area contributed by atoms with Crippen molar-refractivity contribution in [1.29, 1.82) is 0 Å². The van der Waals surface area contributed by atoms with Crippen molar-refractivity contribution >= 4 is 11.6 Å². The molecule has 3 rings (SSSR count). The van der Waals surface area contributed by atoms with E-state index in [9.17, 15) is 0 Å². The van der Waals surface area contributed by atoms with E-state index in [1.165, 1.54) is 29.5 Å². The SMILES string of the molecule is CNCc1ccc(Cl)cc1-c1ccc(OC2CC2)cc1. The summed E-state index contributed by atoms with van der Waals surface area (Å²) in [5.74, 6) is 0.952. The van der Waals surface area contributed by atoms with Crippen LogP contribution >= 0.6 is 11.6 Å². The van der Waals surface area contributed by atoms with Gasteiger partial charge in [0.15, 0.2) is 0 Å². The minimum atomic E-state index is 0.437. The molecule has 20 heavy (non-hydrogen) atoms. The molecule has 3 heteroatoms. The highest BCUT2D eigenvalue weighted by Crippen LogP contribution is 2.31. The van der Waals surface area contributed by atoms with Crippen molar-refractivity contribution in [3.63, 3.8) is 0 Å². The lowest BCUT2D eigenvalue weighted by atomic mass is 9.99. The average Bonchev–Trinajstić information content (AvgIpc) is 3.26. The van der Waals surface area contributed by atoms with Gasteiger partial charge in [0.1, 0.15) is 5.75 Å². The van der Waals surface area contributed by atoms with Crippen molar-refractivity contribution in [3.8, 4) is 16.9 Å². The summed E-state index contributed by atoms with van der Waals surface area (Å²) in [5.41, 5.74) is 3.58. The molecule has 2 aromatic rings. The van der Waals surface area contributed by atoms with Crippen molar-refractivity contribution < 1.29 is 4.74 Å². The molecule has 0 unspecified atom stereocenters. The molecule has 2 nitrogen and oxygen atoms in total. The highest BCUT2D eigenvalue weighted by molar-refractivity contribution is 6.30. The standard InChI is InChI=1S/C17H18ClNO/c1-19-11-13-2-5-14(18)10-17(13)12-3-6-15(7-4-12)20-16-8-9-16/h2-7,10,16,19H,8-9,11H2,1H3. The summed E-state index contributed by atoms with van der Waals surface area (Å²) in [6.45, 7) is 0.826. The number of nitrogens with one attached hydrogen (secondary N) is 1. The van der Waals surface area contributed by atoms with Crippen LogP contribution in [0.5, 0.6) is 5.75 Å². The van der Waals surface area contributed by atoms with Crippen LogP contribution < -0.4 is 10.1 Å². The van der Waals surface area contributed by atoms with Crippen molar-refractivity contribution in [2.75, 3.05) is 7.05 Å². The lowest BCUT2D eigenvalue weighted by Gasteiger charge is -2.11. The summed E-state index contributed by atoms with van der Waals surface area (Å²) in [5, 5.41) is 3.95. The molecule has 0 heterocycles. The van der Waals surface area contributed by atoms with E-state index in [2.05, 4.69) is 23.5 Å². The highest BCUT2D eigenvalue weighted by atomic mass is 35.5. The van der Waals surface area contributed by atoms with Gasteiger partial charge in [-0.15, -0.1) is 0 Å². The van der Waals surface area contributed by atoms with Crippen LogP contribution in [0.2, 0.25) is 5.02 Å². The number of ether oxygens (including phenoxy) is 1. The van der Waals surface area contributed by atoms with E-state index in [-0.39, 0.29) is 0 Å². The minimum absolute atomic E-state index is 0.437. The monoisotopic (exact) mass is 287 g/mol. The van der Waals surface area contributed by atoms with Gasteiger partial charge in [-0.25, -0.2) is 0 Å². The second-order valence-corrected chi connectivity index (χ2v) is 5.61. The molecule has 1 N–H and O–H groups in total. The zero-order valence-electron chi connectivity index (χ0n) is 11.5. The van der Waals surface area contributed by atoms with Crippen LogP contribution in [-0.4, -0.2) is 13.2 Å². The molecular weight excluding hydrogens is 270 g/mol. The molecule has 0 saturated heterocycles. The molecule has 1 saturated carbocycles. The summed E-state index contributed by atoms with van der Waals surface area (Å²) in [6.07, 6.45) is 2.80. The number of hydrogen-bond acceptors (Lipinski definition) is 2. The van der Waals surface area contributed by atoms with Crippen LogP contribution in [0, 0.1) is 0 Å². The number of rotatable bonds is 5. The third-order valence-electron chi connectivity index (χ3n) is 3.43. The molecule has 1 aliphatic rings. The predicted octanol–water partition coefficient (Wildman–Crippen LogP) is 4.27. The van der Waals surface area contributed by atoms with E-state index in [0.29, 0.717) is 6.10 Å². The summed E-state index contributed by atoms with van der Waals surface area (Å²) < 4.78 is 5.78. The normalized spacial score (nSPS) is 14.3. The van der Waals surface area contributed by atoms with Crippen molar-refractivity contribution in [2.45, 2.75) is 25.5 Å². The number of halogens is 1. The smallest absolute Gasteiger partial charge is 0.119 e. The van der Waals surface area contributed by atoms with E-state index >= 15 is 0 Å². The van der Waals surface area contributed by atoms with Crippen LogP contribution in [0.4, 0.5) is 0 Å². The first kappa shape index (κ1) is 13.5. The van der Waals surface area contributed by atoms with Gasteiger partial charge >= 0.3 is 0 Å². The molecule has 0 amide bonds. The Labute approximate surface area is 124 Å². The van der Waals surface area contributed by atoms with Crippen molar-refractivity contribution in [3.05, 3.63) is 53.1 Å². The Hall–Kier alpha value is -1.51. The van der Waals surface area contributed by atoms with E-state index < -0.39 is 0 Å². The van der Waals surface area contributed by atoms with Gasteiger partial charge < -0.3 is 10.1 Å². The second-order valence-electron chi connectivity index (χ2n) is 5.17. The molecule has 0 atom stereocenters. The number of hydrogen-bond donors (Lipinski definition) is 1. The zero-order valence-corrected chi connectivity index (χ0v) is 12.3. The van der Waals surface area contributed by atoms with Gasteiger partial charge in [-0.3, -0.25) is 0 Å². The van der Waals surface area contributed by atoms with Crippen LogP contribution in [0.25, 0.3) is 11.1 Å². The maximum Gasteiger partial charge on any atom is 0.119 e. The van der Waals surface area contributed by atoms with Gasteiger partial charge in [-0.1, -0.05) is 29.8 Å². The summed E-state index contributed by atoms with van der Waals surface area (Å²) in [4.78, 5) is 0. The van der Waals surface area contributed by atoms with Gasteiger partial charge in [0.05, 0.1) is 6.10 Å². The first-order chi connectivity index (χ1) is 9.76. The Morgan fingerprint density at radius 1 is 1.15 bits per heavy atom. The van der Waals surface area contributed by atoms with Gasteiger partial charge in [-0.2, -0.15) is 0 Å². The molecule has 2 aromatic carbocycles. The topological polar surface area (TPSA) is 21.3 Å². The Kier molecular flexibility index (Phi) is 3.95. The fourth-order valence-corrected chi connectivity index (χ4v) is 2.43. The van der Waals surface area contributed by atoms with Gasteiger partial charge in [0.25, 0.3) is 0 Å². The van der Waals surface area contributed by atoms with Gasteiger partial charge in [0.2, 0.25) is 0 Å². The van der Waals surface area contributed by atoms with Gasteiger partial charge in [0, 0.05) is 11.6 Å². The summed E-state index contributed by atoms with van der Waals surface area (Å²) in [7, 11) is 1.95. The Morgan fingerprint density at radius 2 is 1.90 bits per heavy atom. The van der Waals surface area contributed by atoms with Gasteiger partial charge in [-0.05, 0) is 60.8 Å². The molecule has 104 valence electrons. The molecule has 1 fully saturated rings. The fourth-order valence-electron chi connectivity index (χ4n) is 2.25. The predicted molar refractivity (Wildman–Crippen MR) is 83.3 cm³/mol. The minimum Gasteiger partial charge on any atom is -0.490 e. The quantitative estimate of drug-likeness (QED) is 0.887. The molecular formula is C17H18ClNO. The van der Waals surface area contributed by atoms with Crippen LogP contribution in [-0.2, 0) is 6.54 Å². The molecule has 0 spiro atoms. The summed E-state index contributed by atoms with van der Waals surface area (Å²) >= 11 is 6.13. The number of benzene rings is 2. The highest BCUT2D eigenvalue weighted by Gasteiger charge is 2.23. The van der Waals surface area contributed by atoms with Crippen molar-refractivity contribution in [2.24, 2.45) is 0 Å². The van der Waals surface area contributed by atoms with E-state index in [0.717, 1.165) is 17.3 Å². The third-order valence-corrected chi connectivity index (χ3v) is 3.67. The lowest BCUT2D eigenvalue weighted by molar-refractivity contribution is 0.303. The largest absolute Gasteiger partial charge is 0.490 e.